The van der Waals surface area contributed by atoms with Gasteiger partial charge in [0.25, 0.3) is 0 Å². The molecule has 4 rings (SSSR count). The molecule has 2 aromatic rings. The average molecular weight is 426 g/mol. The molecule has 0 unspecified atom stereocenters. The van der Waals surface area contributed by atoms with Crippen molar-refractivity contribution in [1.29, 1.82) is 0 Å². The minimum atomic E-state index is -3.57. The first-order valence-corrected chi connectivity index (χ1v) is 11.8. The van der Waals surface area contributed by atoms with Crippen molar-refractivity contribution in [3.63, 3.8) is 0 Å². The number of benzene rings is 2. The summed E-state index contributed by atoms with van der Waals surface area (Å²) in [6.07, 6.45) is 5.10. The van der Waals surface area contributed by atoms with Gasteiger partial charge in [-0.3, -0.25) is 0 Å². The molecule has 0 atom stereocenters. The van der Waals surface area contributed by atoms with Crippen molar-refractivity contribution in [2.45, 2.75) is 56.4 Å². The van der Waals surface area contributed by atoms with E-state index in [0.29, 0.717) is 10.6 Å². The van der Waals surface area contributed by atoms with Gasteiger partial charge in [-0.1, -0.05) is 30.0 Å². The Morgan fingerprint density at radius 2 is 1.87 bits per heavy atom. The van der Waals surface area contributed by atoms with E-state index in [1.54, 1.807) is 12.1 Å². The van der Waals surface area contributed by atoms with E-state index >= 15 is 0 Å². The summed E-state index contributed by atoms with van der Waals surface area (Å²) in [6, 6.07) is 11.3. The van der Waals surface area contributed by atoms with Crippen LogP contribution in [-0.2, 0) is 29.3 Å². The van der Waals surface area contributed by atoms with Crippen molar-refractivity contribution in [3.8, 4) is 23.3 Å². The van der Waals surface area contributed by atoms with Crippen molar-refractivity contribution < 1.29 is 17.9 Å². The van der Waals surface area contributed by atoms with Crippen LogP contribution in [0.5, 0.6) is 11.5 Å². The molecule has 0 bridgehead atoms. The first kappa shape index (κ1) is 20.8. The summed E-state index contributed by atoms with van der Waals surface area (Å²) < 4.78 is 39.3. The van der Waals surface area contributed by atoms with Crippen LogP contribution in [-0.4, -0.2) is 27.2 Å². The lowest BCUT2D eigenvalue weighted by Gasteiger charge is -2.17. The molecule has 0 amide bonds. The van der Waals surface area contributed by atoms with Crippen molar-refractivity contribution in [1.82, 2.24) is 4.72 Å². The first-order chi connectivity index (χ1) is 14.3. The quantitative estimate of drug-likeness (QED) is 0.743. The van der Waals surface area contributed by atoms with Gasteiger partial charge in [0.15, 0.2) is 11.5 Å². The second kappa shape index (κ2) is 8.33. The number of sulfonamides is 1. The molecule has 0 aromatic heterocycles. The number of para-hydroxylation sites is 1. The standard InChI is InChI=1S/C24H27NO4S/c1-24(2)17-20-10-7-11-22(23(20)29-24)28-15-6-5-14-25-30(26,27)21-13-12-18-8-3-4-9-19(18)16-21/h7,10-13,16,25H,3-4,8-9,14-15,17H2,1-2H3. The van der Waals surface area contributed by atoms with E-state index in [2.05, 4.69) is 16.6 Å². The summed E-state index contributed by atoms with van der Waals surface area (Å²) in [5.41, 5.74) is 3.30. The maximum atomic E-state index is 12.5. The van der Waals surface area contributed by atoms with Gasteiger partial charge in [-0.05, 0) is 68.9 Å². The Labute approximate surface area is 178 Å². The van der Waals surface area contributed by atoms with E-state index in [1.165, 1.54) is 12.0 Å². The van der Waals surface area contributed by atoms with Gasteiger partial charge in [0.1, 0.15) is 12.2 Å². The molecule has 30 heavy (non-hydrogen) atoms. The molecular formula is C24H27NO4S. The highest BCUT2D eigenvalue weighted by Gasteiger charge is 2.32. The molecule has 0 spiro atoms. The summed E-state index contributed by atoms with van der Waals surface area (Å²) in [5.74, 6) is 7.13. The zero-order valence-electron chi connectivity index (χ0n) is 17.5. The summed E-state index contributed by atoms with van der Waals surface area (Å²) in [4.78, 5) is 0.306. The Morgan fingerprint density at radius 1 is 1.07 bits per heavy atom. The van der Waals surface area contributed by atoms with Gasteiger partial charge >= 0.3 is 0 Å². The highest BCUT2D eigenvalue weighted by atomic mass is 32.2. The fourth-order valence-electron chi connectivity index (χ4n) is 4.02. The lowest BCUT2D eigenvalue weighted by molar-refractivity contribution is 0.133. The smallest absolute Gasteiger partial charge is 0.241 e. The van der Waals surface area contributed by atoms with Crippen molar-refractivity contribution in [3.05, 3.63) is 53.1 Å². The van der Waals surface area contributed by atoms with Crippen LogP contribution in [0.2, 0.25) is 0 Å². The maximum Gasteiger partial charge on any atom is 0.241 e. The molecule has 5 nitrogen and oxygen atoms in total. The summed E-state index contributed by atoms with van der Waals surface area (Å²) in [7, 11) is -3.57. The lowest BCUT2D eigenvalue weighted by atomic mass is 9.92. The van der Waals surface area contributed by atoms with E-state index < -0.39 is 10.0 Å². The van der Waals surface area contributed by atoms with Crippen LogP contribution >= 0.6 is 0 Å². The largest absolute Gasteiger partial charge is 0.483 e. The molecular weight excluding hydrogens is 398 g/mol. The first-order valence-electron chi connectivity index (χ1n) is 10.3. The predicted octanol–water partition coefficient (Wildman–Crippen LogP) is 3.64. The predicted molar refractivity (Wildman–Crippen MR) is 116 cm³/mol. The van der Waals surface area contributed by atoms with E-state index in [-0.39, 0.29) is 18.8 Å². The topological polar surface area (TPSA) is 64.6 Å². The number of aryl methyl sites for hydroxylation is 2. The van der Waals surface area contributed by atoms with Gasteiger partial charge in [0.2, 0.25) is 10.0 Å². The molecule has 2 aromatic carbocycles. The zero-order chi connectivity index (χ0) is 21.2. The minimum Gasteiger partial charge on any atom is -0.483 e. The molecule has 0 fully saturated rings. The minimum absolute atomic E-state index is 0.0409. The number of ether oxygens (including phenoxy) is 2. The fraction of sp³-hybridized carbons (Fsp3) is 0.417. The third-order valence-corrected chi connectivity index (χ3v) is 6.86. The Balaban J connectivity index is 1.32. The molecule has 1 aliphatic carbocycles. The number of nitrogens with one attached hydrogen (secondary N) is 1. The number of hydrogen-bond donors (Lipinski definition) is 1. The zero-order valence-corrected chi connectivity index (χ0v) is 18.3. The Kier molecular flexibility index (Phi) is 5.77. The molecule has 1 N–H and O–H groups in total. The molecule has 0 saturated heterocycles. The van der Waals surface area contributed by atoms with Crippen LogP contribution in [0.1, 0.15) is 43.4 Å². The van der Waals surface area contributed by atoms with Crippen LogP contribution in [0.25, 0.3) is 0 Å². The van der Waals surface area contributed by atoms with Crippen LogP contribution in [0.15, 0.2) is 41.3 Å². The molecule has 158 valence electrons. The van der Waals surface area contributed by atoms with Gasteiger partial charge in [-0.2, -0.15) is 4.72 Å². The van der Waals surface area contributed by atoms with Crippen LogP contribution < -0.4 is 14.2 Å². The Morgan fingerprint density at radius 3 is 2.70 bits per heavy atom. The van der Waals surface area contributed by atoms with Crippen molar-refractivity contribution >= 4 is 10.0 Å². The summed E-state index contributed by atoms with van der Waals surface area (Å²) in [6.45, 7) is 4.30. The molecule has 2 aliphatic rings. The maximum absolute atomic E-state index is 12.5. The second-order valence-corrected chi connectivity index (χ2v) is 10.2. The van der Waals surface area contributed by atoms with Crippen LogP contribution in [0.3, 0.4) is 0 Å². The third kappa shape index (κ3) is 4.63. The summed E-state index contributed by atoms with van der Waals surface area (Å²) >= 11 is 0. The van der Waals surface area contributed by atoms with E-state index in [4.69, 9.17) is 9.47 Å². The number of rotatable bonds is 5. The van der Waals surface area contributed by atoms with Crippen molar-refractivity contribution in [2.24, 2.45) is 0 Å². The number of fused-ring (bicyclic) bond motifs is 2. The Bertz CT molecular complexity index is 1110. The van der Waals surface area contributed by atoms with E-state index in [0.717, 1.165) is 42.6 Å². The van der Waals surface area contributed by atoms with Gasteiger partial charge in [-0.15, -0.1) is 0 Å². The average Bonchev–Trinajstić information content (AvgIpc) is 3.04. The Hall–Kier alpha value is -2.49. The molecule has 6 heteroatoms. The molecule has 0 radical (unpaired) electrons. The van der Waals surface area contributed by atoms with Crippen molar-refractivity contribution in [2.75, 3.05) is 13.2 Å². The van der Waals surface area contributed by atoms with Gasteiger partial charge in [0.05, 0.1) is 11.4 Å². The highest BCUT2D eigenvalue weighted by Crippen LogP contribution is 2.41. The highest BCUT2D eigenvalue weighted by molar-refractivity contribution is 7.89. The third-order valence-electron chi connectivity index (χ3n) is 5.46. The van der Waals surface area contributed by atoms with Crippen LogP contribution in [0.4, 0.5) is 0 Å². The summed E-state index contributed by atoms with van der Waals surface area (Å²) in [5, 5.41) is 0. The SMILES string of the molecule is CC1(C)Cc2cccc(OCC#CCNS(=O)(=O)c3ccc4c(c3)CCCC4)c2O1. The van der Waals surface area contributed by atoms with Gasteiger partial charge in [-0.25, -0.2) is 8.42 Å². The van der Waals surface area contributed by atoms with Crippen LogP contribution in [0, 0.1) is 11.8 Å². The van der Waals surface area contributed by atoms with Gasteiger partial charge in [0, 0.05) is 12.0 Å². The lowest BCUT2D eigenvalue weighted by Crippen LogP contribution is -2.24. The van der Waals surface area contributed by atoms with E-state index in [9.17, 15) is 8.42 Å². The number of hydrogen-bond acceptors (Lipinski definition) is 4. The molecule has 1 heterocycles. The monoisotopic (exact) mass is 425 g/mol. The second-order valence-electron chi connectivity index (χ2n) is 8.39. The normalized spacial score (nSPS) is 16.6. The fourth-order valence-corrected chi connectivity index (χ4v) is 4.99. The van der Waals surface area contributed by atoms with E-state index in [1.807, 2.05) is 38.1 Å². The molecule has 0 saturated carbocycles. The van der Waals surface area contributed by atoms with Gasteiger partial charge < -0.3 is 9.47 Å². The molecule has 1 aliphatic heterocycles.